The Labute approximate surface area is 102 Å². The Balaban J connectivity index is 2.68. The summed E-state index contributed by atoms with van der Waals surface area (Å²) in [6, 6.07) is 6.00. The smallest absolute Gasteiger partial charge is 0.0624 e. The predicted molar refractivity (Wildman–Crippen MR) is 67.6 cm³/mol. The van der Waals surface area contributed by atoms with Gasteiger partial charge >= 0.3 is 0 Å². The van der Waals surface area contributed by atoms with Gasteiger partial charge in [0.1, 0.15) is 0 Å². The molecular weight excluding hydrogens is 229 g/mol. The van der Waals surface area contributed by atoms with Gasteiger partial charge in [-0.3, -0.25) is 0 Å². The van der Waals surface area contributed by atoms with Crippen molar-refractivity contribution in [2.75, 3.05) is 0 Å². The van der Waals surface area contributed by atoms with Gasteiger partial charge in [0.15, 0.2) is 0 Å². The molecule has 1 nitrogen and oxygen atoms in total. The first-order valence-corrected chi connectivity index (χ1v) is 5.94. The van der Waals surface area contributed by atoms with Gasteiger partial charge in [-0.05, 0) is 37.3 Å². The van der Waals surface area contributed by atoms with Crippen molar-refractivity contribution in [1.82, 2.24) is 0 Å². The standard InChI is InChI=1S/C12H17Cl2N/c1-8(6-9(2)15)7-10-4-3-5-11(13)12(10)14/h3-5,8-9H,6-7,15H2,1-2H3. The van der Waals surface area contributed by atoms with Gasteiger partial charge in [-0.15, -0.1) is 0 Å². The Kier molecular flexibility index (Phi) is 4.91. The zero-order valence-corrected chi connectivity index (χ0v) is 10.6. The molecule has 0 aromatic heterocycles. The molecule has 0 saturated heterocycles. The normalized spacial score (nSPS) is 15.0. The first-order chi connectivity index (χ1) is 7.00. The highest BCUT2D eigenvalue weighted by Gasteiger charge is 2.10. The second-order valence-corrected chi connectivity index (χ2v) is 5.02. The molecule has 15 heavy (non-hydrogen) atoms. The Morgan fingerprint density at radius 2 is 1.93 bits per heavy atom. The molecule has 2 N–H and O–H groups in total. The second-order valence-electron chi connectivity index (χ2n) is 4.24. The minimum absolute atomic E-state index is 0.234. The van der Waals surface area contributed by atoms with Crippen LogP contribution >= 0.6 is 23.2 Å². The van der Waals surface area contributed by atoms with Gasteiger partial charge < -0.3 is 5.73 Å². The first kappa shape index (κ1) is 12.8. The molecule has 0 radical (unpaired) electrons. The third-order valence-electron chi connectivity index (χ3n) is 2.37. The Bertz CT molecular complexity index is 323. The van der Waals surface area contributed by atoms with Crippen LogP contribution in [0.25, 0.3) is 0 Å². The minimum Gasteiger partial charge on any atom is -0.328 e. The maximum atomic E-state index is 6.11. The van der Waals surface area contributed by atoms with E-state index in [2.05, 4.69) is 6.92 Å². The molecule has 0 aliphatic rings. The zero-order chi connectivity index (χ0) is 11.4. The molecule has 1 aromatic rings. The van der Waals surface area contributed by atoms with Crippen LogP contribution in [0.2, 0.25) is 10.0 Å². The Morgan fingerprint density at radius 1 is 1.27 bits per heavy atom. The topological polar surface area (TPSA) is 26.0 Å². The SMILES string of the molecule is CC(N)CC(C)Cc1cccc(Cl)c1Cl. The van der Waals surface area contributed by atoms with Gasteiger partial charge in [0.05, 0.1) is 10.0 Å². The molecule has 0 heterocycles. The Morgan fingerprint density at radius 3 is 2.53 bits per heavy atom. The van der Waals surface area contributed by atoms with E-state index in [9.17, 15) is 0 Å². The van der Waals surface area contributed by atoms with Gasteiger partial charge in [0, 0.05) is 6.04 Å². The van der Waals surface area contributed by atoms with E-state index in [1.807, 2.05) is 25.1 Å². The van der Waals surface area contributed by atoms with Gasteiger partial charge in [-0.25, -0.2) is 0 Å². The lowest BCUT2D eigenvalue weighted by Crippen LogP contribution is -2.19. The summed E-state index contributed by atoms with van der Waals surface area (Å²) in [7, 11) is 0. The molecule has 2 unspecified atom stereocenters. The van der Waals surface area contributed by atoms with Crippen LogP contribution in [-0.2, 0) is 6.42 Å². The number of rotatable bonds is 4. The van der Waals surface area contributed by atoms with Crippen molar-refractivity contribution in [1.29, 1.82) is 0 Å². The number of halogens is 2. The molecular formula is C12H17Cl2N. The van der Waals surface area contributed by atoms with Crippen LogP contribution in [0.4, 0.5) is 0 Å². The lowest BCUT2D eigenvalue weighted by molar-refractivity contribution is 0.480. The molecule has 0 spiro atoms. The van der Waals surface area contributed by atoms with Crippen molar-refractivity contribution in [3.63, 3.8) is 0 Å². The molecule has 0 saturated carbocycles. The van der Waals surface area contributed by atoms with E-state index in [-0.39, 0.29) is 6.04 Å². The fourth-order valence-electron chi connectivity index (χ4n) is 1.80. The van der Waals surface area contributed by atoms with E-state index in [1.165, 1.54) is 0 Å². The first-order valence-electron chi connectivity index (χ1n) is 5.19. The van der Waals surface area contributed by atoms with E-state index in [0.717, 1.165) is 18.4 Å². The van der Waals surface area contributed by atoms with Gasteiger partial charge in [0.2, 0.25) is 0 Å². The largest absolute Gasteiger partial charge is 0.328 e. The summed E-state index contributed by atoms with van der Waals surface area (Å²) in [6.45, 7) is 4.21. The fraction of sp³-hybridized carbons (Fsp3) is 0.500. The molecule has 84 valence electrons. The van der Waals surface area contributed by atoms with Crippen molar-refractivity contribution in [3.05, 3.63) is 33.8 Å². The van der Waals surface area contributed by atoms with Crippen LogP contribution in [-0.4, -0.2) is 6.04 Å². The average molecular weight is 246 g/mol. The molecule has 2 atom stereocenters. The molecule has 0 aliphatic heterocycles. The Hall–Kier alpha value is -0.240. The average Bonchev–Trinajstić information content (AvgIpc) is 2.11. The highest BCUT2D eigenvalue weighted by Crippen LogP contribution is 2.27. The quantitative estimate of drug-likeness (QED) is 0.856. The van der Waals surface area contributed by atoms with Gasteiger partial charge in [-0.2, -0.15) is 0 Å². The van der Waals surface area contributed by atoms with E-state index in [4.69, 9.17) is 28.9 Å². The van der Waals surface area contributed by atoms with Gasteiger partial charge in [-0.1, -0.05) is 42.3 Å². The fourth-order valence-corrected chi connectivity index (χ4v) is 2.20. The van der Waals surface area contributed by atoms with E-state index in [0.29, 0.717) is 16.0 Å². The number of benzene rings is 1. The summed E-state index contributed by atoms with van der Waals surface area (Å²) in [4.78, 5) is 0. The number of hydrogen-bond donors (Lipinski definition) is 1. The van der Waals surface area contributed by atoms with E-state index >= 15 is 0 Å². The van der Waals surface area contributed by atoms with E-state index in [1.54, 1.807) is 0 Å². The summed E-state index contributed by atoms with van der Waals surface area (Å²) >= 11 is 12.1. The highest BCUT2D eigenvalue weighted by atomic mass is 35.5. The van der Waals surface area contributed by atoms with Crippen molar-refractivity contribution in [2.45, 2.75) is 32.7 Å². The molecule has 0 bridgehead atoms. The highest BCUT2D eigenvalue weighted by molar-refractivity contribution is 6.42. The molecule has 3 heteroatoms. The summed E-state index contributed by atoms with van der Waals surface area (Å²) < 4.78 is 0. The monoisotopic (exact) mass is 245 g/mol. The summed E-state index contributed by atoms with van der Waals surface area (Å²) in [5, 5.41) is 1.30. The molecule has 1 aromatic carbocycles. The summed E-state index contributed by atoms with van der Waals surface area (Å²) in [5.41, 5.74) is 6.86. The van der Waals surface area contributed by atoms with Crippen molar-refractivity contribution >= 4 is 23.2 Å². The third kappa shape index (κ3) is 4.02. The summed E-state index contributed by atoms with van der Waals surface area (Å²) in [5.74, 6) is 0.529. The lowest BCUT2D eigenvalue weighted by atomic mass is 9.95. The van der Waals surface area contributed by atoms with Crippen LogP contribution < -0.4 is 5.73 Å². The van der Waals surface area contributed by atoms with Crippen LogP contribution in [0.5, 0.6) is 0 Å². The lowest BCUT2D eigenvalue weighted by Gasteiger charge is -2.15. The third-order valence-corrected chi connectivity index (χ3v) is 3.23. The van der Waals surface area contributed by atoms with Crippen LogP contribution in [0.1, 0.15) is 25.8 Å². The van der Waals surface area contributed by atoms with Crippen molar-refractivity contribution < 1.29 is 0 Å². The molecule has 1 rings (SSSR count). The zero-order valence-electron chi connectivity index (χ0n) is 9.13. The molecule has 0 aliphatic carbocycles. The maximum Gasteiger partial charge on any atom is 0.0624 e. The van der Waals surface area contributed by atoms with E-state index < -0.39 is 0 Å². The van der Waals surface area contributed by atoms with Crippen LogP contribution in [0.15, 0.2) is 18.2 Å². The van der Waals surface area contributed by atoms with Crippen molar-refractivity contribution in [3.8, 4) is 0 Å². The molecule has 0 fully saturated rings. The van der Waals surface area contributed by atoms with Crippen LogP contribution in [0.3, 0.4) is 0 Å². The second kappa shape index (κ2) is 5.74. The number of nitrogens with two attached hydrogens (primary N) is 1. The summed E-state index contributed by atoms with van der Waals surface area (Å²) in [6.07, 6.45) is 1.93. The molecule has 0 amide bonds. The van der Waals surface area contributed by atoms with Gasteiger partial charge in [0.25, 0.3) is 0 Å². The number of hydrogen-bond acceptors (Lipinski definition) is 1. The van der Waals surface area contributed by atoms with Crippen molar-refractivity contribution in [2.24, 2.45) is 11.7 Å². The predicted octanol–water partition coefficient (Wildman–Crippen LogP) is 3.91. The minimum atomic E-state index is 0.234. The van der Waals surface area contributed by atoms with Crippen LogP contribution in [0, 0.1) is 5.92 Å². The maximum absolute atomic E-state index is 6.11.